The van der Waals surface area contributed by atoms with Gasteiger partial charge in [-0.05, 0) is 78.6 Å². The number of para-hydroxylation sites is 1. The third-order valence-corrected chi connectivity index (χ3v) is 7.57. The van der Waals surface area contributed by atoms with Crippen LogP contribution >= 0.6 is 11.3 Å². The summed E-state index contributed by atoms with van der Waals surface area (Å²) >= 11 is 1.21. The van der Waals surface area contributed by atoms with Crippen LogP contribution in [0.1, 0.15) is 46.6 Å². The molecule has 3 aromatic heterocycles. The van der Waals surface area contributed by atoms with Crippen LogP contribution in [0.5, 0.6) is 0 Å². The summed E-state index contributed by atoms with van der Waals surface area (Å²) in [4.78, 5) is 9.32. The van der Waals surface area contributed by atoms with Gasteiger partial charge in [0.2, 0.25) is 0 Å². The molecule has 6 aromatic rings. The van der Waals surface area contributed by atoms with E-state index >= 15 is 0 Å². The third-order valence-electron chi connectivity index (χ3n) is 6.74. The van der Waals surface area contributed by atoms with Crippen molar-refractivity contribution in [2.24, 2.45) is 5.41 Å². The van der Waals surface area contributed by atoms with E-state index in [9.17, 15) is 0 Å². The van der Waals surface area contributed by atoms with Crippen LogP contribution in [0.2, 0.25) is 0 Å². The van der Waals surface area contributed by atoms with Gasteiger partial charge in [0, 0.05) is 32.7 Å². The summed E-state index contributed by atoms with van der Waals surface area (Å²) in [7, 11) is 0. The number of thiazole rings is 1. The number of benzene rings is 3. The van der Waals surface area contributed by atoms with E-state index < -0.39 is 6.85 Å². The monoisotopic (exact) mass is 493 g/mol. The Morgan fingerprint density at radius 1 is 0.944 bits per heavy atom. The summed E-state index contributed by atoms with van der Waals surface area (Å²) in [6, 6.07) is 18.6. The average molecular weight is 494 g/mol. The van der Waals surface area contributed by atoms with Gasteiger partial charge in [-0.3, -0.25) is 4.98 Å². The number of hydrogen-bond donors (Lipinski definition) is 0. The van der Waals surface area contributed by atoms with E-state index in [1.54, 1.807) is 0 Å². The van der Waals surface area contributed by atoms with Crippen molar-refractivity contribution >= 4 is 43.5 Å². The Bertz CT molecular complexity index is 1870. The minimum absolute atomic E-state index is 0.119. The lowest BCUT2D eigenvalue weighted by molar-refractivity contribution is 0.411. The highest BCUT2D eigenvalue weighted by Crippen LogP contribution is 2.40. The van der Waals surface area contributed by atoms with Gasteiger partial charge in [0.05, 0.1) is 20.9 Å². The second-order valence-electron chi connectivity index (χ2n) is 10.9. The van der Waals surface area contributed by atoms with Crippen molar-refractivity contribution in [2.75, 3.05) is 0 Å². The maximum absolute atomic E-state index is 7.72. The lowest BCUT2D eigenvalue weighted by Crippen LogP contribution is -2.11. The summed E-state index contributed by atoms with van der Waals surface area (Å²) < 4.78 is 30.4. The van der Waals surface area contributed by atoms with Crippen LogP contribution in [0.3, 0.4) is 0 Å². The molecule has 3 nitrogen and oxygen atoms in total. The second kappa shape index (κ2) is 8.28. The molecular weight excluding hydrogens is 460 g/mol. The van der Waals surface area contributed by atoms with Gasteiger partial charge in [0.15, 0.2) is 0 Å². The second-order valence-corrected chi connectivity index (χ2v) is 11.9. The van der Waals surface area contributed by atoms with Crippen LogP contribution in [0.4, 0.5) is 0 Å². The van der Waals surface area contributed by atoms with E-state index in [1.807, 2.05) is 30.5 Å². The van der Waals surface area contributed by atoms with Gasteiger partial charge in [0.1, 0.15) is 11.2 Å². The first-order valence-electron chi connectivity index (χ1n) is 13.7. The number of furan rings is 1. The molecule has 4 heteroatoms. The minimum atomic E-state index is -2.22. The molecule has 0 aliphatic rings. The van der Waals surface area contributed by atoms with Crippen molar-refractivity contribution in [1.29, 1.82) is 0 Å². The van der Waals surface area contributed by atoms with Crippen molar-refractivity contribution in [2.45, 2.75) is 47.9 Å². The highest BCUT2D eigenvalue weighted by atomic mass is 32.1. The van der Waals surface area contributed by atoms with Crippen molar-refractivity contribution < 1.29 is 8.53 Å². The fourth-order valence-electron chi connectivity index (χ4n) is 5.24. The molecule has 0 N–H and O–H groups in total. The van der Waals surface area contributed by atoms with E-state index in [2.05, 4.69) is 69.9 Å². The third kappa shape index (κ3) is 3.90. The van der Waals surface area contributed by atoms with E-state index in [1.165, 1.54) is 39.2 Å². The van der Waals surface area contributed by atoms with Crippen LogP contribution in [0, 0.1) is 26.1 Å². The van der Waals surface area contributed by atoms with Crippen LogP contribution in [-0.2, 0) is 6.42 Å². The Morgan fingerprint density at radius 2 is 1.72 bits per heavy atom. The molecule has 3 aromatic carbocycles. The first-order chi connectivity index (χ1) is 18.4. The first-order valence-corrected chi connectivity index (χ1v) is 13.0. The molecule has 36 heavy (non-hydrogen) atoms. The number of nitrogens with zero attached hydrogens (tertiary/aromatic N) is 2. The highest BCUT2D eigenvalue weighted by Gasteiger charge is 2.20. The van der Waals surface area contributed by atoms with E-state index in [0.29, 0.717) is 11.1 Å². The molecule has 0 fully saturated rings. The molecule has 0 bridgehead atoms. The van der Waals surface area contributed by atoms with Gasteiger partial charge in [-0.15, -0.1) is 11.3 Å². The van der Waals surface area contributed by atoms with E-state index in [0.717, 1.165) is 38.7 Å². The highest BCUT2D eigenvalue weighted by molar-refractivity contribution is 7.18. The maximum atomic E-state index is 7.72. The van der Waals surface area contributed by atoms with Crippen molar-refractivity contribution in [3.05, 3.63) is 82.5 Å². The minimum Gasteiger partial charge on any atom is -0.455 e. The number of rotatable bonds is 3. The molecule has 0 radical (unpaired) electrons. The zero-order valence-corrected chi connectivity index (χ0v) is 22.0. The average Bonchev–Trinajstić information content (AvgIpc) is 3.43. The summed E-state index contributed by atoms with van der Waals surface area (Å²) in [6.45, 7) is 8.88. The summed E-state index contributed by atoms with van der Waals surface area (Å²) in [6.07, 6.45) is 2.94. The van der Waals surface area contributed by atoms with Crippen LogP contribution in [0.25, 0.3) is 54.5 Å². The van der Waals surface area contributed by atoms with Crippen LogP contribution in [0.15, 0.2) is 65.2 Å². The Kier molecular flexibility index (Phi) is 4.52. The summed E-state index contributed by atoms with van der Waals surface area (Å²) in [5.74, 6) is 0. The predicted molar refractivity (Wildman–Crippen MR) is 153 cm³/mol. The van der Waals surface area contributed by atoms with Gasteiger partial charge >= 0.3 is 0 Å². The fourth-order valence-corrected chi connectivity index (χ4v) is 5.97. The Hall–Kier alpha value is -3.50. The van der Waals surface area contributed by atoms with Crippen molar-refractivity contribution in [3.8, 4) is 22.4 Å². The SMILES string of the molecule is [2H]C([2H])([2H])c1nc2cc3oc4c(-c5cc(-c6c(C)cccc6C)c(CC(C)(C)C)cn5)cccc4c3cc2s1. The molecule has 3 heterocycles. The van der Waals surface area contributed by atoms with E-state index in [-0.39, 0.29) is 10.4 Å². The zero-order chi connectivity index (χ0) is 27.7. The standard InChI is InChI=1S/C32H30N2OS/c1-18-9-7-10-19(2)30(18)24-13-26(33-17-21(24)16-32(4,5)6)23-12-8-11-22-25-14-29-27(34-20(3)36-29)15-28(25)35-31(22)23/h7-15,17H,16H2,1-6H3/i3D3. The summed E-state index contributed by atoms with van der Waals surface area (Å²) in [5.41, 5.74) is 10.2. The molecule has 180 valence electrons. The van der Waals surface area contributed by atoms with Gasteiger partial charge in [-0.1, -0.05) is 51.1 Å². The largest absolute Gasteiger partial charge is 0.455 e. The Labute approximate surface area is 220 Å². The Balaban J connectivity index is 1.56. The number of pyridine rings is 1. The van der Waals surface area contributed by atoms with Gasteiger partial charge < -0.3 is 4.42 Å². The molecule has 0 atom stereocenters. The lowest BCUT2D eigenvalue weighted by atomic mass is 9.83. The molecular formula is C32H30N2OS. The molecule has 0 aliphatic heterocycles. The topological polar surface area (TPSA) is 38.9 Å². The molecule has 0 spiro atoms. The molecule has 0 amide bonds. The molecule has 0 saturated carbocycles. The van der Waals surface area contributed by atoms with Gasteiger partial charge in [0.25, 0.3) is 0 Å². The molecule has 0 unspecified atom stereocenters. The molecule has 0 saturated heterocycles. The predicted octanol–water partition coefficient (Wildman–Crippen LogP) is 9.44. The number of hydrogen-bond acceptors (Lipinski definition) is 4. The summed E-state index contributed by atoms with van der Waals surface area (Å²) in [5, 5.41) is 2.07. The van der Waals surface area contributed by atoms with Crippen molar-refractivity contribution in [3.63, 3.8) is 0 Å². The quantitative estimate of drug-likeness (QED) is 0.246. The smallest absolute Gasteiger partial charge is 0.144 e. The van der Waals surface area contributed by atoms with Gasteiger partial charge in [-0.2, -0.15) is 0 Å². The van der Waals surface area contributed by atoms with Crippen LogP contribution in [-0.4, -0.2) is 9.97 Å². The first kappa shape index (κ1) is 19.7. The Morgan fingerprint density at radius 3 is 2.47 bits per heavy atom. The number of aromatic nitrogens is 2. The number of aryl methyl sites for hydroxylation is 3. The normalized spacial score (nSPS) is 13.9. The molecule has 6 rings (SSSR count). The zero-order valence-electron chi connectivity index (χ0n) is 24.2. The number of fused-ring (bicyclic) bond motifs is 4. The molecule has 0 aliphatic carbocycles. The lowest BCUT2D eigenvalue weighted by Gasteiger charge is -2.22. The fraction of sp³-hybridized carbons (Fsp3) is 0.250. The maximum Gasteiger partial charge on any atom is 0.144 e. The van der Waals surface area contributed by atoms with Crippen molar-refractivity contribution in [1.82, 2.24) is 9.97 Å². The van der Waals surface area contributed by atoms with Gasteiger partial charge in [-0.25, -0.2) is 4.98 Å². The van der Waals surface area contributed by atoms with E-state index in [4.69, 9.17) is 13.5 Å². The van der Waals surface area contributed by atoms with Crippen LogP contribution < -0.4 is 0 Å².